The van der Waals surface area contributed by atoms with E-state index in [9.17, 15) is 13.9 Å². The van der Waals surface area contributed by atoms with Crippen LogP contribution in [0.1, 0.15) is 37.8 Å². The van der Waals surface area contributed by atoms with E-state index in [0.29, 0.717) is 12.1 Å². The van der Waals surface area contributed by atoms with Gasteiger partial charge in [0.15, 0.2) is 0 Å². The number of hydrogen-bond acceptors (Lipinski definition) is 3. The first-order valence-electron chi connectivity index (χ1n) is 6.50. The predicted molar refractivity (Wildman–Crippen MR) is 68.3 cm³/mol. The number of aliphatic hydroxyl groups is 1. The lowest BCUT2D eigenvalue weighted by Gasteiger charge is -2.37. The first-order chi connectivity index (χ1) is 9.00. The van der Waals surface area contributed by atoms with Crippen molar-refractivity contribution in [2.75, 3.05) is 6.54 Å². The number of halogens is 2. The van der Waals surface area contributed by atoms with Crippen LogP contribution in [0.2, 0.25) is 0 Å². The van der Waals surface area contributed by atoms with Crippen LogP contribution < -0.4 is 10.1 Å². The Bertz CT molecular complexity index is 422. The van der Waals surface area contributed by atoms with Gasteiger partial charge in [-0.3, -0.25) is 0 Å². The summed E-state index contributed by atoms with van der Waals surface area (Å²) in [6.45, 7) is -0.489. The molecule has 1 fully saturated rings. The second-order valence-corrected chi connectivity index (χ2v) is 5.10. The van der Waals surface area contributed by atoms with Crippen molar-refractivity contribution in [2.24, 2.45) is 0 Å². The van der Waals surface area contributed by atoms with Gasteiger partial charge in [0.25, 0.3) is 0 Å². The molecule has 0 bridgehead atoms. The smallest absolute Gasteiger partial charge is 0.387 e. The van der Waals surface area contributed by atoms with Crippen LogP contribution in [0, 0.1) is 0 Å². The molecule has 0 spiro atoms. The van der Waals surface area contributed by atoms with Gasteiger partial charge in [0.1, 0.15) is 5.75 Å². The minimum absolute atomic E-state index is 0.153. The molecule has 1 saturated carbocycles. The zero-order valence-corrected chi connectivity index (χ0v) is 10.9. The Hall–Kier alpha value is -1.20. The zero-order chi connectivity index (χ0) is 13.9. The Balaban J connectivity index is 1.99. The van der Waals surface area contributed by atoms with E-state index in [4.69, 9.17) is 0 Å². The summed E-state index contributed by atoms with van der Waals surface area (Å²) < 4.78 is 29.1. The Morgan fingerprint density at radius 2 is 2.05 bits per heavy atom. The Morgan fingerprint density at radius 1 is 1.37 bits per heavy atom. The molecule has 2 rings (SSSR count). The summed E-state index contributed by atoms with van der Waals surface area (Å²) in [5.74, 6) is 0.179. The van der Waals surface area contributed by atoms with Gasteiger partial charge in [-0.05, 0) is 32.3 Å². The van der Waals surface area contributed by atoms with Crippen LogP contribution in [-0.4, -0.2) is 23.9 Å². The normalized spacial score (nSPS) is 19.0. The first-order valence-corrected chi connectivity index (χ1v) is 6.50. The summed E-state index contributed by atoms with van der Waals surface area (Å²) in [5, 5.41) is 13.2. The maximum absolute atomic E-state index is 12.3. The third-order valence-electron chi connectivity index (χ3n) is 3.62. The van der Waals surface area contributed by atoms with Gasteiger partial charge in [0.05, 0.1) is 5.60 Å². The lowest BCUT2D eigenvalue weighted by molar-refractivity contribution is -0.0512. The van der Waals surface area contributed by atoms with E-state index in [1.165, 1.54) is 6.07 Å². The topological polar surface area (TPSA) is 41.5 Å². The van der Waals surface area contributed by atoms with Crippen LogP contribution in [-0.2, 0) is 0 Å². The van der Waals surface area contributed by atoms with Crippen molar-refractivity contribution in [3.05, 3.63) is 29.8 Å². The number of para-hydroxylation sites is 1. The molecule has 1 aromatic carbocycles. The van der Waals surface area contributed by atoms with Gasteiger partial charge in [0.2, 0.25) is 0 Å². The van der Waals surface area contributed by atoms with Crippen LogP contribution in [0.4, 0.5) is 8.78 Å². The molecule has 0 saturated heterocycles. The fourth-order valence-corrected chi connectivity index (χ4v) is 2.26. The predicted octanol–water partition coefficient (Wildman–Crippen LogP) is 2.85. The largest absolute Gasteiger partial charge is 0.434 e. The quantitative estimate of drug-likeness (QED) is 0.836. The average Bonchev–Trinajstić information content (AvgIpc) is 2.33. The van der Waals surface area contributed by atoms with Gasteiger partial charge in [0, 0.05) is 18.2 Å². The highest BCUT2D eigenvalue weighted by Gasteiger charge is 2.34. The van der Waals surface area contributed by atoms with E-state index in [0.717, 1.165) is 19.3 Å². The highest BCUT2D eigenvalue weighted by molar-refractivity contribution is 5.35. The third-order valence-corrected chi connectivity index (χ3v) is 3.62. The van der Waals surface area contributed by atoms with Gasteiger partial charge < -0.3 is 15.2 Å². The van der Waals surface area contributed by atoms with E-state index in [1.807, 2.05) is 6.92 Å². The molecule has 1 unspecified atom stereocenters. The second-order valence-electron chi connectivity index (χ2n) is 5.10. The number of benzene rings is 1. The maximum Gasteiger partial charge on any atom is 0.387 e. The lowest BCUT2D eigenvalue weighted by Crippen LogP contribution is -2.46. The van der Waals surface area contributed by atoms with Crippen LogP contribution >= 0.6 is 0 Å². The number of alkyl halides is 2. The summed E-state index contributed by atoms with van der Waals surface area (Å²) in [5.41, 5.74) is 0.0398. The molecular weight excluding hydrogens is 252 g/mol. The van der Waals surface area contributed by atoms with Crippen molar-refractivity contribution >= 4 is 0 Å². The highest BCUT2D eigenvalue weighted by Crippen LogP contribution is 2.32. The lowest BCUT2D eigenvalue weighted by atomic mass is 9.80. The van der Waals surface area contributed by atoms with E-state index in [2.05, 4.69) is 10.1 Å². The molecule has 0 aromatic heterocycles. The van der Waals surface area contributed by atoms with Crippen molar-refractivity contribution in [3.8, 4) is 5.75 Å². The summed E-state index contributed by atoms with van der Waals surface area (Å²) in [6.07, 6.45) is 2.63. The van der Waals surface area contributed by atoms with Crippen LogP contribution in [0.3, 0.4) is 0 Å². The minimum Gasteiger partial charge on any atom is -0.434 e. The molecule has 2 N–H and O–H groups in total. The SMILES string of the molecule is CC(NCC1(O)CCC1)c1ccccc1OC(F)F. The zero-order valence-electron chi connectivity index (χ0n) is 10.9. The van der Waals surface area contributed by atoms with E-state index < -0.39 is 12.2 Å². The van der Waals surface area contributed by atoms with Gasteiger partial charge in [-0.15, -0.1) is 0 Å². The van der Waals surface area contributed by atoms with Crippen LogP contribution in [0.25, 0.3) is 0 Å². The van der Waals surface area contributed by atoms with Gasteiger partial charge in [-0.25, -0.2) is 0 Å². The van der Waals surface area contributed by atoms with Crippen LogP contribution in [0.5, 0.6) is 5.75 Å². The van der Waals surface area contributed by atoms with E-state index in [1.54, 1.807) is 18.2 Å². The summed E-state index contributed by atoms with van der Waals surface area (Å²) >= 11 is 0. The monoisotopic (exact) mass is 271 g/mol. The Kier molecular flexibility index (Phi) is 4.37. The maximum atomic E-state index is 12.3. The number of rotatable bonds is 6. The van der Waals surface area contributed by atoms with Crippen molar-refractivity contribution in [3.63, 3.8) is 0 Å². The first kappa shape index (κ1) is 14.2. The van der Waals surface area contributed by atoms with Crippen molar-refractivity contribution in [2.45, 2.75) is 44.4 Å². The van der Waals surface area contributed by atoms with E-state index >= 15 is 0 Å². The fraction of sp³-hybridized carbons (Fsp3) is 0.571. The number of nitrogens with one attached hydrogen (secondary N) is 1. The third kappa shape index (κ3) is 3.64. The van der Waals surface area contributed by atoms with Crippen molar-refractivity contribution in [1.29, 1.82) is 0 Å². The standard InChI is InChI=1S/C14H19F2NO2/c1-10(17-9-14(18)7-4-8-14)11-5-2-3-6-12(11)19-13(15)16/h2-3,5-6,10,13,17-18H,4,7-9H2,1H3. The molecule has 1 aliphatic rings. The molecule has 3 nitrogen and oxygen atoms in total. The van der Waals surface area contributed by atoms with Crippen molar-refractivity contribution < 1.29 is 18.6 Å². The number of hydrogen-bond donors (Lipinski definition) is 2. The summed E-state index contributed by atoms with van der Waals surface area (Å²) in [7, 11) is 0. The van der Waals surface area contributed by atoms with E-state index in [-0.39, 0.29) is 11.8 Å². The molecule has 5 heteroatoms. The minimum atomic E-state index is -2.83. The Morgan fingerprint density at radius 3 is 2.63 bits per heavy atom. The molecular formula is C14H19F2NO2. The molecule has 0 amide bonds. The molecule has 1 aromatic rings. The molecule has 0 heterocycles. The number of ether oxygens (including phenoxy) is 1. The summed E-state index contributed by atoms with van der Waals surface area (Å²) in [6, 6.07) is 6.56. The van der Waals surface area contributed by atoms with Crippen LogP contribution in [0.15, 0.2) is 24.3 Å². The van der Waals surface area contributed by atoms with Gasteiger partial charge in [-0.2, -0.15) is 8.78 Å². The second kappa shape index (κ2) is 5.84. The van der Waals surface area contributed by atoms with Gasteiger partial charge in [-0.1, -0.05) is 18.2 Å². The molecule has 1 atom stereocenters. The fourth-order valence-electron chi connectivity index (χ4n) is 2.26. The van der Waals surface area contributed by atoms with Crippen molar-refractivity contribution in [1.82, 2.24) is 5.32 Å². The molecule has 1 aliphatic carbocycles. The highest BCUT2D eigenvalue weighted by atomic mass is 19.3. The summed E-state index contributed by atoms with van der Waals surface area (Å²) in [4.78, 5) is 0. The molecule has 106 valence electrons. The molecule has 0 aliphatic heterocycles. The average molecular weight is 271 g/mol. The Labute approximate surface area is 111 Å². The molecule has 0 radical (unpaired) electrons. The van der Waals surface area contributed by atoms with Gasteiger partial charge >= 0.3 is 6.61 Å². The molecule has 19 heavy (non-hydrogen) atoms.